The van der Waals surface area contributed by atoms with Crippen LogP contribution in [0, 0.1) is 54.8 Å². The van der Waals surface area contributed by atoms with E-state index in [2.05, 4.69) is 49.4 Å². The van der Waals surface area contributed by atoms with Crippen LogP contribution in [-0.4, -0.2) is 71.4 Å². The van der Waals surface area contributed by atoms with Gasteiger partial charge >= 0.3 is 0 Å². The maximum atomic E-state index is 11.8. The number of hydrogen-bond acceptors (Lipinski definition) is 13. The molecule has 0 unspecified atom stereocenters. The van der Waals surface area contributed by atoms with Crippen molar-refractivity contribution in [3.63, 3.8) is 0 Å². The predicted octanol–water partition coefficient (Wildman–Crippen LogP) is 13.5. The highest BCUT2D eigenvalue weighted by Gasteiger charge is 2.20. The van der Waals surface area contributed by atoms with Crippen LogP contribution in [0.2, 0.25) is 10.3 Å². The van der Waals surface area contributed by atoms with E-state index >= 15 is 0 Å². The largest absolute Gasteiger partial charge is 0.497 e. The van der Waals surface area contributed by atoms with Gasteiger partial charge in [-0.1, -0.05) is 47.5 Å². The SMILES string of the molecule is COc1cc(C)cc(-c2c(-c3ccnc(Cl)c3)cnn2CC#N)c1.COc1cc(C)cc(-c2nn(CC#N)cc2-c2ccnc(-c3ccccc3CC(C)=O)c2)c1.COc1cc(C)cc(-c2nn(CC#N)cc2-c2ccnc(Cl)c2)c1. The Hall–Kier alpha value is -9.92. The zero-order chi connectivity index (χ0) is 57.6. The van der Waals surface area contributed by atoms with E-state index < -0.39 is 0 Å². The molecule has 6 heterocycles. The van der Waals surface area contributed by atoms with Gasteiger partial charge in [-0.25, -0.2) is 9.97 Å². The fourth-order valence-electron chi connectivity index (χ4n) is 9.17. The highest BCUT2D eigenvalue weighted by Crippen LogP contribution is 2.38. The Kier molecular flexibility index (Phi) is 18.8. The van der Waals surface area contributed by atoms with E-state index in [1.54, 1.807) is 79.2 Å². The summed E-state index contributed by atoms with van der Waals surface area (Å²) < 4.78 is 21.1. The minimum absolute atomic E-state index is 0.104. The summed E-state index contributed by atoms with van der Waals surface area (Å²) in [5, 5.41) is 41.7. The molecule has 0 spiro atoms. The van der Waals surface area contributed by atoms with Gasteiger partial charge < -0.3 is 14.2 Å². The number of nitrogens with zero attached hydrogens (tertiary/aromatic N) is 12. The Morgan fingerprint density at radius 2 is 0.988 bits per heavy atom. The lowest BCUT2D eigenvalue weighted by molar-refractivity contribution is -0.116. The van der Waals surface area contributed by atoms with Gasteiger partial charge in [0, 0.05) is 76.3 Å². The highest BCUT2D eigenvalue weighted by atomic mass is 35.5. The van der Waals surface area contributed by atoms with Crippen LogP contribution in [0.1, 0.15) is 29.2 Å². The van der Waals surface area contributed by atoms with Crippen LogP contribution in [0.15, 0.2) is 152 Å². The first kappa shape index (κ1) is 57.3. The van der Waals surface area contributed by atoms with Crippen LogP contribution in [0.5, 0.6) is 17.2 Å². The van der Waals surface area contributed by atoms with Gasteiger partial charge in [0.2, 0.25) is 0 Å². The molecule has 0 saturated heterocycles. The van der Waals surface area contributed by atoms with Crippen LogP contribution < -0.4 is 14.2 Å². The lowest BCUT2D eigenvalue weighted by Gasteiger charge is -2.11. The van der Waals surface area contributed by atoms with Crippen LogP contribution in [-0.2, 0) is 30.8 Å². The van der Waals surface area contributed by atoms with Gasteiger partial charge in [-0.3, -0.25) is 23.8 Å². The van der Waals surface area contributed by atoms with E-state index in [9.17, 15) is 10.1 Å². The molecule has 18 heteroatoms. The highest BCUT2D eigenvalue weighted by molar-refractivity contribution is 6.30. The van der Waals surface area contributed by atoms with E-state index in [-0.39, 0.29) is 25.4 Å². The van der Waals surface area contributed by atoms with Crippen LogP contribution in [0.4, 0.5) is 0 Å². The molecule has 0 bridgehead atoms. The van der Waals surface area contributed by atoms with E-state index in [4.69, 9.17) is 53.0 Å². The van der Waals surface area contributed by atoms with Crippen molar-refractivity contribution in [2.75, 3.05) is 21.3 Å². The number of nitriles is 3. The topological polar surface area (TPSA) is 208 Å². The van der Waals surface area contributed by atoms with Crippen molar-refractivity contribution in [3.05, 3.63) is 185 Å². The van der Waals surface area contributed by atoms with E-state index in [0.29, 0.717) is 16.7 Å². The van der Waals surface area contributed by atoms with Crippen LogP contribution in [0.3, 0.4) is 0 Å². The van der Waals surface area contributed by atoms with Gasteiger partial charge in [-0.05, 0) is 158 Å². The molecule has 0 atom stereocenters. The number of halogens is 2. The Bertz CT molecular complexity index is 3990. The molecule has 0 amide bonds. The molecule has 6 aromatic heterocycles. The molecular weight excluding hydrogens is 1060 g/mol. The molecule has 10 rings (SSSR count). The maximum absolute atomic E-state index is 11.8. The Morgan fingerprint density at radius 3 is 1.47 bits per heavy atom. The molecule has 4 aromatic carbocycles. The molecule has 81 heavy (non-hydrogen) atoms. The fourth-order valence-corrected chi connectivity index (χ4v) is 9.52. The van der Waals surface area contributed by atoms with Gasteiger partial charge in [0.05, 0.1) is 57.1 Å². The molecule has 0 aliphatic rings. The zero-order valence-electron chi connectivity index (χ0n) is 45.5. The smallest absolute Gasteiger partial charge is 0.134 e. The van der Waals surface area contributed by atoms with Gasteiger partial charge in [-0.15, -0.1) is 0 Å². The van der Waals surface area contributed by atoms with Crippen molar-refractivity contribution in [1.29, 1.82) is 15.8 Å². The van der Waals surface area contributed by atoms with Crippen molar-refractivity contribution in [2.45, 2.75) is 53.8 Å². The van der Waals surface area contributed by atoms with E-state index in [0.717, 1.165) is 118 Å². The van der Waals surface area contributed by atoms with E-state index in [1.807, 2.05) is 130 Å². The standard InChI is InChI=1S/C27H24N4O2.2C18H15ClN4O/c1-18-12-22(15-23(13-18)33-3)27-25(17-31(30-27)11-9-28)21-8-10-29-26(16-21)24-7-5-4-6-20(24)14-19(2)32;1-12-7-14(9-15(8-12)24-2)18-16(11-23(22-18)6-4-20)13-3-5-21-17(19)10-13;1-12-7-14(9-15(8-12)24-2)18-16(11-22-23(18)6-4-20)13-3-5-21-17(19)10-13/h4-8,10,12-13,15-17H,11,14H2,1-3H3;2*3,5,7-11H,6H2,1-2H3. The molecule has 0 fully saturated rings. The van der Waals surface area contributed by atoms with Crippen molar-refractivity contribution in [2.24, 2.45) is 0 Å². The first-order valence-corrected chi connectivity index (χ1v) is 26.0. The normalized spacial score (nSPS) is 10.5. The molecular formula is C63H54Cl2N12O4. The number of carbonyl (C=O) groups is 1. The quantitative estimate of drug-likeness (QED) is 0.0876. The third-order valence-corrected chi connectivity index (χ3v) is 13.0. The van der Waals surface area contributed by atoms with Crippen molar-refractivity contribution in [3.8, 4) is 114 Å². The average Bonchev–Trinajstić information content (AvgIpc) is 4.31. The van der Waals surface area contributed by atoms with Gasteiger partial charge in [0.1, 0.15) is 64.4 Å². The summed E-state index contributed by atoms with van der Waals surface area (Å²) in [6.07, 6.45) is 10.9. The first-order chi connectivity index (χ1) is 39.2. The maximum Gasteiger partial charge on any atom is 0.134 e. The summed E-state index contributed by atoms with van der Waals surface area (Å²) in [6.45, 7) is 8.08. The van der Waals surface area contributed by atoms with Gasteiger partial charge in [0.15, 0.2) is 0 Å². The van der Waals surface area contributed by atoms with Gasteiger partial charge in [-0.2, -0.15) is 31.1 Å². The van der Waals surface area contributed by atoms with Crippen molar-refractivity contribution >= 4 is 29.0 Å². The summed E-state index contributed by atoms with van der Waals surface area (Å²) in [5.74, 6) is 2.37. The predicted molar refractivity (Wildman–Crippen MR) is 313 cm³/mol. The number of aryl methyl sites for hydroxylation is 3. The third kappa shape index (κ3) is 14.2. The fraction of sp³-hybridized carbons (Fsp3) is 0.175. The number of methoxy groups -OCH3 is 3. The van der Waals surface area contributed by atoms with Crippen LogP contribution in [0.25, 0.3) is 78.4 Å². The molecule has 404 valence electrons. The second-order valence-corrected chi connectivity index (χ2v) is 19.4. The molecule has 0 aliphatic carbocycles. The molecule has 0 aliphatic heterocycles. The lowest BCUT2D eigenvalue weighted by atomic mass is 9.96. The molecule has 0 N–H and O–H groups in total. The number of rotatable bonds is 15. The summed E-state index contributed by atoms with van der Waals surface area (Å²) in [5.41, 5.74) is 16.4. The number of benzene rings is 4. The number of Topliss-reactive ketones (excluding diaryl/α,β-unsaturated/α-hetero) is 1. The Balaban J connectivity index is 0.000000163. The monoisotopic (exact) mass is 1110 g/mol. The number of hydrogen-bond donors (Lipinski definition) is 0. The number of pyridine rings is 3. The van der Waals surface area contributed by atoms with Crippen molar-refractivity contribution < 1.29 is 19.0 Å². The molecule has 16 nitrogen and oxygen atoms in total. The summed E-state index contributed by atoms with van der Waals surface area (Å²) >= 11 is 12.0. The molecule has 0 radical (unpaired) electrons. The Labute approximate surface area is 479 Å². The minimum atomic E-state index is 0.104. The van der Waals surface area contributed by atoms with Crippen molar-refractivity contribution in [1.82, 2.24) is 44.3 Å². The minimum Gasteiger partial charge on any atom is -0.497 e. The summed E-state index contributed by atoms with van der Waals surface area (Å²) in [6, 6.07) is 43.3. The summed E-state index contributed by atoms with van der Waals surface area (Å²) in [4.78, 5) is 24.4. The van der Waals surface area contributed by atoms with Gasteiger partial charge in [0.25, 0.3) is 0 Å². The number of carbonyl (C=O) groups excluding carboxylic acids is 1. The average molecular weight is 1110 g/mol. The zero-order valence-corrected chi connectivity index (χ0v) is 47.0. The number of aromatic nitrogens is 9. The summed E-state index contributed by atoms with van der Waals surface area (Å²) in [7, 11) is 4.91. The number of ether oxygens (including phenoxy) is 3. The number of ketones is 1. The molecule has 0 saturated carbocycles. The first-order valence-electron chi connectivity index (χ1n) is 25.3. The lowest BCUT2D eigenvalue weighted by Crippen LogP contribution is -2.01. The second kappa shape index (κ2) is 26.6. The molecule has 10 aromatic rings. The van der Waals surface area contributed by atoms with E-state index in [1.165, 1.54) is 0 Å². The van der Waals surface area contributed by atoms with Crippen LogP contribution >= 0.6 is 23.2 Å². The Morgan fingerprint density at radius 1 is 0.531 bits per heavy atom. The second-order valence-electron chi connectivity index (χ2n) is 18.6. The third-order valence-electron chi connectivity index (χ3n) is 12.6.